The topological polar surface area (TPSA) is 72.8 Å². The Kier molecular flexibility index (Phi) is 5.23. The number of hydrogen-bond donors (Lipinski definition) is 2. The fourth-order valence-corrected chi connectivity index (χ4v) is 3.24. The van der Waals surface area contributed by atoms with Crippen molar-refractivity contribution < 1.29 is 19.3 Å². The number of aromatic hydroxyl groups is 1. The average molecular weight is 399 g/mol. The highest BCUT2D eigenvalue weighted by molar-refractivity contribution is 6.31. The predicted octanol–water partition coefficient (Wildman–Crippen LogP) is 4.56. The van der Waals surface area contributed by atoms with Crippen molar-refractivity contribution in [2.45, 2.75) is 0 Å². The third-order valence-electron chi connectivity index (χ3n) is 4.38. The van der Waals surface area contributed by atoms with E-state index in [0.29, 0.717) is 46.7 Å². The molecule has 0 saturated carbocycles. The Morgan fingerprint density at radius 1 is 1.14 bits per heavy atom. The molecule has 28 heavy (non-hydrogen) atoms. The smallest absolute Gasteiger partial charge is 0.231 e. The summed E-state index contributed by atoms with van der Waals surface area (Å²) in [6.45, 7) is 1.33. The van der Waals surface area contributed by atoms with Crippen LogP contribution in [0.3, 0.4) is 0 Å². The number of anilines is 1. The summed E-state index contributed by atoms with van der Waals surface area (Å²) in [5, 5.41) is 14.1. The molecule has 1 aliphatic heterocycles. The number of aromatic nitrogens is 1. The summed E-state index contributed by atoms with van der Waals surface area (Å²) in [6.07, 6.45) is 0. The first-order chi connectivity index (χ1) is 13.7. The first-order valence-electron chi connectivity index (χ1n) is 8.78. The van der Waals surface area contributed by atoms with Gasteiger partial charge in [0.15, 0.2) is 11.5 Å². The largest absolute Gasteiger partial charge is 0.507 e. The van der Waals surface area contributed by atoms with Crippen molar-refractivity contribution in [3.05, 3.63) is 53.6 Å². The molecule has 0 atom stereocenters. The summed E-state index contributed by atoms with van der Waals surface area (Å²) in [7, 11) is 1.64. The molecule has 0 radical (unpaired) electrons. The second kappa shape index (κ2) is 7.96. The monoisotopic (exact) mass is 398 g/mol. The summed E-state index contributed by atoms with van der Waals surface area (Å²) in [6, 6.07) is 14.5. The molecule has 7 heteroatoms. The number of rotatable bonds is 6. The maximum atomic E-state index is 10.3. The van der Waals surface area contributed by atoms with E-state index in [-0.39, 0.29) is 12.5 Å². The van der Waals surface area contributed by atoms with Gasteiger partial charge in [0.2, 0.25) is 6.79 Å². The van der Waals surface area contributed by atoms with Gasteiger partial charge in [-0.05, 0) is 42.0 Å². The lowest BCUT2D eigenvalue weighted by atomic mass is 10.0. The molecule has 2 N–H and O–H groups in total. The van der Waals surface area contributed by atoms with E-state index in [1.807, 2.05) is 30.3 Å². The molecule has 0 unspecified atom stereocenters. The van der Waals surface area contributed by atoms with E-state index in [2.05, 4.69) is 10.3 Å². The number of nitrogens with one attached hydrogen (secondary N) is 1. The molecule has 1 aliphatic rings. The number of nitrogens with zero attached hydrogens (tertiary/aromatic N) is 1. The van der Waals surface area contributed by atoms with Gasteiger partial charge in [0, 0.05) is 29.8 Å². The molecule has 0 amide bonds. The van der Waals surface area contributed by atoms with Crippen molar-refractivity contribution >= 4 is 17.4 Å². The molecule has 1 aromatic heterocycles. The predicted molar refractivity (Wildman–Crippen MR) is 108 cm³/mol. The number of benzene rings is 2. The zero-order chi connectivity index (χ0) is 19.5. The second-order valence-electron chi connectivity index (χ2n) is 6.25. The minimum atomic E-state index is 0.106. The van der Waals surface area contributed by atoms with Crippen molar-refractivity contribution in [2.24, 2.45) is 0 Å². The summed E-state index contributed by atoms with van der Waals surface area (Å²) in [5.74, 6) is 2.16. The van der Waals surface area contributed by atoms with Gasteiger partial charge in [-0.3, -0.25) is 0 Å². The van der Waals surface area contributed by atoms with E-state index in [4.69, 9.17) is 25.8 Å². The van der Waals surface area contributed by atoms with E-state index in [9.17, 15) is 5.11 Å². The molecule has 0 fully saturated rings. The quantitative estimate of drug-likeness (QED) is 0.593. The molecule has 6 nitrogen and oxygen atoms in total. The normalized spacial score (nSPS) is 12.2. The standard InChI is InChI=1S/C21H19ClN2O4/c1-26-8-7-23-20-10-13(15-3-2-4-19-21(15)28-12-27-19)9-17(24-20)16-11-14(22)5-6-18(16)25/h2-6,9-11,25H,7-8,12H2,1H3,(H,23,24). The van der Waals surface area contributed by atoms with Crippen LogP contribution in [0.1, 0.15) is 0 Å². The number of pyridine rings is 1. The van der Waals surface area contributed by atoms with E-state index in [1.165, 1.54) is 0 Å². The number of hydrogen-bond acceptors (Lipinski definition) is 6. The van der Waals surface area contributed by atoms with Crippen LogP contribution in [0.5, 0.6) is 17.2 Å². The third-order valence-corrected chi connectivity index (χ3v) is 4.61. The molecule has 0 saturated heterocycles. The molecule has 2 heterocycles. The molecule has 2 aromatic carbocycles. The number of phenolic OH excluding ortho intramolecular Hbond substituents is 1. The summed E-state index contributed by atoms with van der Waals surface area (Å²) >= 11 is 6.13. The highest BCUT2D eigenvalue weighted by atomic mass is 35.5. The summed E-state index contributed by atoms with van der Waals surface area (Å²) in [4.78, 5) is 4.64. The third kappa shape index (κ3) is 3.69. The lowest BCUT2D eigenvalue weighted by molar-refractivity contribution is 0.174. The Morgan fingerprint density at radius 3 is 2.89 bits per heavy atom. The van der Waals surface area contributed by atoms with Crippen LogP contribution in [0, 0.1) is 0 Å². The van der Waals surface area contributed by atoms with Crippen LogP contribution < -0.4 is 14.8 Å². The van der Waals surface area contributed by atoms with Gasteiger partial charge >= 0.3 is 0 Å². The molecule has 0 bridgehead atoms. The minimum Gasteiger partial charge on any atom is -0.507 e. The van der Waals surface area contributed by atoms with Gasteiger partial charge in [-0.15, -0.1) is 0 Å². The Balaban J connectivity index is 1.83. The van der Waals surface area contributed by atoms with Crippen LogP contribution in [0.25, 0.3) is 22.4 Å². The number of methoxy groups -OCH3 is 1. The molecule has 144 valence electrons. The van der Waals surface area contributed by atoms with Crippen LogP contribution >= 0.6 is 11.6 Å². The van der Waals surface area contributed by atoms with Crippen LogP contribution in [0.4, 0.5) is 5.82 Å². The first-order valence-corrected chi connectivity index (χ1v) is 9.16. The number of fused-ring (bicyclic) bond motifs is 1. The average Bonchev–Trinajstić information content (AvgIpc) is 3.19. The zero-order valence-electron chi connectivity index (χ0n) is 15.2. The Labute approximate surface area is 167 Å². The van der Waals surface area contributed by atoms with Gasteiger partial charge in [0.1, 0.15) is 11.6 Å². The molecule has 4 rings (SSSR count). The lowest BCUT2D eigenvalue weighted by Gasteiger charge is -2.13. The van der Waals surface area contributed by atoms with Gasteiger partial charge in [0.25, 0.3) is 0 Å². The molecule has 0 spiro atoms. The molecule has 3 aromatic rings. The molecule has 0 aliphatic carbocycles. The number of halogens is 1. The fraction of sp³-hybridized carbons (Fsp3) is 0.190. The molecular formula is C21H19ClN2O4. The maximum Gasteiger partial charge on any atom is 0.231 e. The number of ether oxygens (including phenoxy) is 3. The van der Waals surface area contributed by atoms with Crippen LogP contribution in [0.15, 0.2) is 48.5 Å². The number of phenols is 1. The van der Waals surface area contributed by atoms with Crippen LogP contribution in [-0.2, 0) is 4.74 Å². The Morgan fingerprint density at radius 2 is 2.04 bits per heavy atom. The minimum absolute atomic E-state index is 0.106. The van der Waals surface area contributed by atoms with Crippen molar-refractivity contribution in [1.29, 1.82) is 0 Å². The van der Waals surface area contributed by atoms with Crippen molar-refractivity contribution in [3.8, 4) is 39.6 Å². The Bertz CT molecular complexity index is 1010. The van der Waals surface area contributed by atoms with Crippen LogP contribution in [-0.4, -0.2) is 37.1 Å². The lowest BCUT2D eigenvalue weighted by Crippen LogP contribution is -2.09. The second-order valence-corrected chi connectivity index (χ2v) is 6.68. The van der Waals surface area contributed by atoms with E-state index >= 15 is 0 Å². The van der Waals surface area contributed by atoms with E-state index in [1.54, 1.807) is 25.3 Å². The van der Waals surface area contributed by atoms with E-state index in [0.717, 1.165) is 11.1 Å². The summed E-state index contributed by atoms with van der Waals surface area (Å²) in [5.41, 5.74) is 2.91. The van der Waals surface area contributed by atoms with Crippen molar-refractivity contribution in [3.63, 3.8) is 0 Å². The van der Waals surface area contributed by atoms with Gasteiger partial charge in [-0.2, -0.15) is 0 Å². The zero-order valence-corrected chi connectivity index (χ0v) is 16.0. The van der Waals surface area contributed by atoms with E-state index < -0.39 is 0 Å². The van der Waals surface area contributed by atoms with Gasteiger partial charge in [0.05, 0.1) is 12.3 Å². The summed E-state index contributed by atoms with van der Waals surface area (Å²) < 4.78 is 16.3. The van der Waals surface area contributed by atoms with Crippen molar-refractivity contribution in [2.75, 3.05) is 32.4 Å². The van der Waals surface area contributed by atoms with Crippen LogP contribution in [0.2, 0.25) is 5.02 Å². The fourth-order valence-electron chi connectivity index (χ4n) is 3.07. The highest BCUT2D eigenvalue weighted by Crippen LogP contribution is 2.43. The highest BCUT2D eigenvalue weighted by Gasteiger charge is 2.20. The van der Waals surface area contributed by atoms with Gasteiger partial charge in [-0.25, -0.2) is 4.98 Å². The van der Waals surface area contributed by atoms with Crippen molar-refractivity contribution in [1.82, 2.24) is 4.98 Å². The SMILES string of the molecule is COCCNc1cc(-c2cccc3c2OCO3)cc(-c2cc(Cl)ccc2O)n1. The first kappa shape index (κ1) is 18.4. The van der Waals surface area contributed by atoms with Gasteiger partial charge < -0.3 is 24.6 Å². The number of para-hydroxylation sites is 1. The molecular weight excluding hydrogens is 380 g/mol. The Hall–Kier alpha value is -2.96. The maximum absolute atomic E-state index is 10.3. The van der Waals surface area contributed by atoms with Gasteiger partial charge in [-0.1, -0.05) is 23.7 Å².